The van der Waals surface area contributed by atoms with Crippen LogP contribution in [-0.4, -0.2) is 25.0 Å². The van der Waals surface area contributed by atoms with Crippen molar-refractivity contribution in [3.63, 3.8) is 0 Å². The molecule has 0 N–H and O–H groups in total. The standard InChI is InChI=1S/C14H31N.C2H6/c1-13(2)9-7-11-15(6)12-8-10-14(3,4)5;1-2/h13H,7-12H2,1-6H3;1-2H3. The molecule has 0 saturated heterocycles. The topological polar surface area (TPSA) is 3.24 Å². The Hall–Kier alpha value is -0.0400. The Balaban J connectivity index is 0. The molecule has 106 valence electrons. The average Bonchev–Trinajstić information content (AvgIpc) is 2.18. The zero-order chi connectivity index (χ0) is 13.9. The van der Waals surface area contributed by atoms with Crippen molar-refractivity contribution in [3.05, 3.63) is 0 Å². The fourth-order valence-corrected chi connectivity index (χ4v) is 1.76. The third kappa shape index (κ3) is 18.5. The summed E-state index contributed by atoms with van der Waals surface area (Å²) in [5.41, 5.74) is 0.499. The van der Waals surface area contributed by atoms with Gasteiger partial charge in [-0.25, -0.2) is 0 Å². The first-order valence-corrected chi connectivity index (χ1v) is 7.50. The van der Waals surface area contributed by atoms with Crippen molar-refractivity contribution < 1.29 is 0 Å². The predicted molar refractivity (Wildman–Crippen MR) is 81.6 cm³/mol. The molecule has 0 heterocycles. The van der Waals surface area contributed by atoms with Crippen molar-refractivity contribution in [2.75, 3.05) is 20.1 Å². The summed E-state index contributed by atoms with van der Waals surface area (Å²) in [4.78, 5) is 2.48. The molecule has 0 bridgehead atoms. The minimum Gasteiger partial charge on any atom is -0.306 e. The van der Waals surface area contributed by atoms with Gasteiger partial charge in [0.1, 0.15) is 0 Å². The first-order valence-electron chi connectivity index (χ1n) is 7.50. The lowest BCUT2D eigenvalue weighted by Crippen LogP contribution is -2.22. The monoisotopic (exact) mass is 243 g/mol. The average molecular weight is 243 g/mol. The predicted octanol–water partition coefficient (Wildman–Crippen LogP) is 5.21. The Bertz CT molecular complexity index is 144. The van der Waals surface area contributed by atoms with Crippen LogP contribution in [0.4, 0.5) is 0 Å². The lowest BCUT2D eigenvalue weighted by atomic mass is 9.90. The van der Waals surface area contributed by atoms with Crippen LogP contribution < -0.4 is 0 Å². The van der Waals surface area contributed by atoms with Crippen LogP contribution in [0.2, 0.25) is 0 Å². The van der Waals surface area contributed by atoms with Crippen LogP contribution >= 0.6 is 0 Å². The zero-order valence-corrected chi connectivity index (χ0v) is 13.8. The second-order valence-corrected chi connectivity index (χ2v) is 6.50. The maximum absolute atomic E-state index is 2.48. The maximum Gasteiger partial charge on any atom is -0.00216 e. The summed E-state index contributed by atoms with van der Waals surface area (Å²) in [6.45, 7) is 18.1. The second kappa shape index (κ2) is 11.1. The van der Waals surface area contributed by atoms with Gasteiger partial charge in [0, 0.05) is 0 Å². The van der Waals surface area contributed by atoms with E-state index >= 15 is 0 Å². The van der Waals surface area contributed by atoms with Crippen molar-refractivity contribution in [2.45, 2.75) is 74.1 Å². The van der Waals surface area contributed by atoms with Crippen LogP contribution in [0.5, 0.6) is 0 Å². The van der Waals surface area contributed by atoms with E-state index in [0.717, 1.165) is 5.92 Å². The van der Waals surface area contributed by atoms with Crippen LogP contribution in [0.15, 0.2) is 0 Å². The normalized spacial score (nSPS) is 11.6. The van der Waals surface area contributed by atoms with E-state index in [9.17, 15) is 0 Å². The van der Waals surface area contributed by atoms with Crippen molar-refractivity contribution in [2.24, 2.45) is 11.3 Å². The van der Waals surface area contributed by atoms with Crippen LogP contribution in [0.1, 0.15) is 74.1 Å². The summed E-state index contributed by atoms with van der Waals surface area (Å²) < 4.78 is 0. The van der Waals surface area contributed by atoms with E-state index in [1.165, 1.54) is 38.8 Å². The first kappa shape index (κ1) is 19.3. The van der Waals surface area contributed by atoms with Gasteiger partial charge in [-0.15, -0.1) is 0 Å². The lowest BCUT2D eigenvalue weighted by Gasteiger charge is -2.21. The van der Waals surface area contributed by atoms with Crippen LogP contribution in [0, 0.1) is 11.3 Å². The summed E-state index contributed by atoms with van der Waals surface area (Å²) in [5.74, 6) is 0.855. The molecule has 0 fully saturated rings. The van der Waals surface area contributed by atoms with E-state index in [1.54, 1.807) is 0 Å². The molecule has 0 aliphatic carbocycles. The van der Waals surface area contributed by atoms with Gasteiger partial charge in [-0.05, 0) is 57.2 Å². The van der Waals surface area contributed by atoms with Crippen molar-refractivity contribution in [1.82, 2.24) is 4.90 Å². The zero-order valence-electron chi connectivity index (χ0n) is 13.8. The molecule has 0 aliphatic heterocycles. The Morgan fingerprint density at radius 3 is 1.82 bits per heavy atom. The molecule has 0 aromatic heterocycles. The molecule has 1 heteroatoms. The summed E-state index contributed by atoms with van der Waals surface area (Å²) in [6, 6.07) is 0. The molecule has 0 rings (SSSR count). The van der Waals surface area contributed by atoms with Gasteiger partial charge in [-0.1, -0.05) is 48.5 Å². The Kier molecular flexibility index (Phi) is 12.6. The number of rotatable bonds is 7. The highest BCUT2D eigenvalue weighted by atomic mass is 15.1. The van der Waals surface area contributed by atoms with Gasteiger partial charge in [0.2, 0.25) is 0 Å². The molecule has 0 aromatic rings. The summed E-state index contributed by atoms with van der Waals surface area (Å²) in [5, 5.41) is 0. The third-order valence-electron chi connectivity index (χ3n) is 2.79. The molecule has 0 saturated carbocycles. The van der Waals surface area contributed by atoms with Gasteiger partial charge in [0.15, 0.2) is 0 Å². The molecule has 0 radical (unpaired) electrons. The Morgan fingerprint density at radius 2 is 1.41 bits per heavy atom. The molecular weight excluding hydrogens is 206 g/mol. The highest BCUT2D eigenvalue weighted by Crippen LogP contribution is 2.20. The summed E-state index contributed by atoms with van der Waals surface area (Å²) in [7, 11) is 2.25. The molecule has 1 nitrogen and oxygen atoms in total. The van der Waals surface area contributed by atoms with Crippen LogP contribution in [0.25, 0.3) is 0 Å². The Morgan fingerprint density at radius 1 is 0.941 bits per heavy atom. The van der Waals surface area contributed by atoms with Gasteiger partial charge < -0.3 is 4.90 Å². The van der Waals surface area contributed by atoms with Gasteiger partial charge in [0.05, 0.1) is 0 Å². The first-order chi connectivity index (χ1) is 7.81. The van der Waals surface area contributed by atoms with E-state index in [1.807, 2.05) is 13.8 Å². The SMILES string of the molecule is CC.CC(C)CCCN(C)CCCC(C)(C)C. The van der Waals surface area contributed by atoms with Crippen molar-refractivity contribution >= 4 is 0 Å². The fourth-order valence-electron chi connectivity index (χ4n) is 1.76. The third-order valence-corrected chi connectivity index (χ3v) is 2.79. The smallest absolute Gasteiger partial charge is 0.00216 e. The van der Waals surface area contributed by atoms with Crippen LogP contribution in [0.3, 0.4) is 0 Å². The Labute approximate surface area is 111 Å². The van der Waals surface area contributed by atoms with Gasteiger partial charge in [-0.3, -0.25) is 0 Å². The minimum atomic E-state index is 0.499. The quantitative estimate of drug-likeness (QED) is 0.593. The number of hydrogen-bond acceptors (Lipinski definition) is 1. The highest BCUT2D eigenvalue weighted by Gasteiger charge is 2.09. The molecule has 0 aliphatic rings. The molecular formula is C16H37N. The molecule has 0 atom stereocenters. The highest BCUT2D eigenvalue weighted by molar-refractivity contribution is 4.63. The fraction of sp³-hybridized carbons (Fsp3) is 1.00. The van der Waals surface area contributed by atoms with E-state index in [2.05, 4.69) is 46.6 Å². The molecule has 0 aromatic carbocycles. The number of hydrogen-bond donors (Lipinski definition) is 0. The molecule has 0 unspecified atom stereocenters. The van der Waals surface area contributed by atoms with Crippen LogP contribution in [-0.2, 0) is 0 Å². The van der Waals surface area contributed by atoms with E-state index in [-0.39, 0.29) is 0 Å². The van der Waals surface area contributed by atoms with E-state index in [4.69, 9.17) is 0 Å². The maximum atomic E-state index is 2.48. The molecule has 17 heavy (non-hydrogen) atoms. The van der Waals surface area contributed by atoms with Crippen molar-refractivity contribution in [3.8, 4) is 0 Å². The van der Waals surface area contributed by atoms with E-state index in [0.29, 0.717) is 5.41 Å². The number of nitrogens with zero attached hydrogens (tertiary/aromatic N) is 1. The van der Waals surface area contributed by atoms with Gasteiger partial charge in [0.25, 0.3) is 0 Å². The van der Waals surface area contributed by atoms with E-state index < -0.39 is 0 Å². The second-order valence-electron chi connectivity index (χ2n) is 6.50. The van der Waals surface area contributed by atoms with Gasteiger partial charge in [-0.2, -0.15) is 0 Å². The van der Waals surface area contributed by atoms with Gasteiger partial charge >= 0.3 is 0 Å². The van der Waals surface area contributed by atoms with Crippen molar-refractivity contribution in [1.29, 1.82) is 0 Å². The summed E-state index contributed by atoms with van der Waals surface area (Å²) in [6.07, 6.45) is 5.39. The largest absolute Gasteiger partial charge is 0.306 e. The summed E-state index contributed by atoms with van der Waals surface area (Å²) >= 11 is 0. The molecule has 0 amide bonds. The minimum absolute atomic E-state index is 0.499. The lowest BCUT2D eigenvalue weighted by molar-refractivity contribution is 0.279. The molecule has 0 spiro atoms.